The number of rotatable bonds is 6. The second-order valence-corrected chi connectivity index (χ2v) is 2.69. The van der Waals surface area contributed by atoms with E-state index in [-0.39, 0.29) is 13.2 Å². The van der Waals surface area contributed by atoms with E-state index in [0.29, 0.717) is 12.3 Å². The molecule has 0 spiro atoms. The molecule has 5 nitrogen and oxygen atoms in total. The number of nitrogens with one attached hydrogen (secondary N) is 2. The molecule has 0 saturated carbocycles. The second-order valence-electron chi connectivity index (χ2n) is 2.31. The van der Waals surface area contributed by atoms with Gasteiger partial charge in [-0.2, -0.15) is 0 Å². The number of carbonyl (C=O) groups excluding carboxylic acids is 2. The SMILES string of the molecule is [NH]C(=O)CNC(=O)OCCCCCl. The summed E-state index contributed by atoms with van der Waals surface area (Å²) in [5, 5.41) is 2.13. The maximum Gasteiger partial charge on any atom is 0.407 e. The summed E-state index contributed by atoms with van der Waals surface area (Å²) in [6, 6.07) is 0. The minimum absolute atomic E-state index is 0.282. The molecule has 6 heteroatoms. The Kier molecular flexibility index (Phi) is 7.10. The van der Waals surface area contributed by atoms with Crippen LogP contribution in [0.2, 0.25) is 0 Å². The molecule has 0 aromatic heterocycles. The van der Waals surface area contributed by atoms with Gasteiger partial charge in [-0.3, -0.25) is 10.5 Å². The number of halogens is 1. The van der Waals surface area contributed by atoms with Crippen molar-refractivity contribution >= 4 is 23.6 Å². The number of alkyl halides is 1. The van der Waals surface area contributed by atoms with E-state index in [2.05, 4.69) is 10.1 Å². The lowest BCUT2D eigenvalue weighted by molar-refractivity contribution is -0.117. The lowest BCUT2D eigenvalue weighted by Crippen LogP contribution is -2.30. The molecule has 0 saturated heterocycles. The highest BCUT2D eigenvalue weighted by atomic mass is 35.5. The molecular formula is C7H12ClN2O3. The van der Waals surface area contributed by atoms with E-state index in [1.54, 1.807) is 0 Å². The fourth-order valence-corrected chi connectivity index (χ4v) is 0.754. The maximum absolute atomic E-state index is 10.7. The van der Waals surface area contributed by atoms with Gasteiger partial charge in [0.2, 0.25) is 0 Å². The van der Waals surface area contributed by atoms with Crippen molar-refractivity contribution in [2.24, 2.45) is 0 Å². The van der Waals surface area contributed by atoms with Gasteiger partial charge in [-0.25, -0.2) is 4.79 Å². The first-order valence-electron chi connectivity index (χ1n) is 3.88. The van der Waals surface area contributed by atoms with Gasteiger partial charge in [0.1, 0.15) is 6.54 Å². The zero-order valence-corrected chi connectivity index (χ0v) is 7.89. The third kappa shape index (κ3) is 8.94. The number of amides is 2. The molecule has 0 rings (SSSR count). The molecule has 1 radical (unpaired) electrons. The molecule has 0 aliphatic heterocycles. The highest BCUT2D eigenvalue weighted by Gasteiger charge is 2.02. The van der Waals surface area contributed by atoms with Crippen molar-refractivity contribution in [3.8, 4) is 0 Å². The molecule has 0 aromatic carbocycles. The van der Waals surface area contributed by atoms with E-state index < -0.39 is 12.0 Å². The van der Waals surface area contributed by atoms with Gasteiger partial charge in [-0.05, 0) is 12.8 Å². The Morgan fingerprint density at radius 3 is 2.62 bits per heavy atom. The molecule has 0 fully saturated rings. The monoisotopic (exact) mass is 207 g/mol. The van der Waals surface area contributed by atoms with Gasteiger partial charge in [0, 0.05) is 5.88 Å². The van der Waals surface area contributed by atoms with Gasteiger partial charge in [0.15, 0.2) is 0 Å². The standard InChI is InChI=1S/C7H12ClN2O3/c8-3-1-2-4-13-7(12)10-5-6(9)11/h9H,1-5H2,(H,10,12). The van der Waals surface area contributed by atoms with Crippen molar-refractivity contribution in [3.63, 3.8) is 0 Å². The van der Waals surface area contributed by atoms with E-state index in [4.69, 9.17) is 17.3 Å². The molecule has 0 aliphatic carbocycles. The Hall–Kier alpha value is -0.970. The van der Waals surface area contributed by atoms with Crippen molar-refractivity contribution in [3.05, 3.63) is 0 Å². The smallest absolute Gasteiger partial charge is 0.407 e. The van der Waals surface area contributed by atoms with Crippen LogP contribution in [-0.2, 0) is 9.53 Å². The molecule has 0 aliphatic rings. The number of unbranched alkanes of at least 4 members (excludes halogenated alkanes) is 1. The summed E-state index contributed by atoms with van der Waals surface area (Å²) in [5.74, 6) is -0.311. The third-order valence-electron chi connectivity index (χ3n) is 1.15. The van der Waals surface area contributed by atoms with Crippen molar-refractivity contribution in [1.29, 1.82) is 0 Å². The van der Waals surface area contributed by atoms with Crippen LogP contribution < -0.4 is 11.1 Å². The number of ether oxygens (including phenoxy) is 1. The molecule has 2 amide bonds. The summed E-state index contributed by atoms with van der Waals surface area (Å²) >= 11 is 5.39. The van der Waals surface area contributed by atoms with Gasteiger partial charge in [0.05, 0.1) is 6.61 Å². The molecule has 0 atom stereocenters. The van der Waals surface area contributed by atoms with Crippen molar-refractivity contribution in [1.82, 2.24) is 11.1 Å². The molecule has 75 valence electrons. The summed E-state index contributed by atoms with van der Waals surface area (Å²) in [5.41, 5.74) is 6.49. The quantitative estimate of drug-likeness (QED) is 0.510. The normalized spacial score (nSPS) is 9.31. The topological polar surface area (TPSA) is 79.2 Å². The van der Waals surface area contributed by atoms with Crippen LogP contribution in [0.1, 0.15) is 12.8 Å². The Bertz CT molecular complexity index is 175. The van der Waals surface area contributed by atoms with Gasteiger partial charge in [0.25, 0.3) is 5.91 Å². The predicted octanol–water partition coefficient (Wildman–Crippen LogP) is 0.541. The third-order valence-corrected chi connectivity index (χ3v) is 1.42. The van der Waals surface area contributed by atoms with E-state index in [1.807, 2.05) is 0 Å². The molecular weight excluding hydrogens is 196 g/mol. The zero-order chi connectivity index (χ0) is 10.1. The first-order chi connectivity index (χ1) is 6.16. The lowest BCUT2D eigenvalue weighted by atomic mass is 10.4. The maximum atomic E-state index is 10.7. The predicted molar refractivity (Wildman–Crippen MR) is 47.4 cm³/mol. The molecule has 0 unspecified atom stereocenters. The summed E-state index contributed by atoms with van der Waals surface area (Å²) in [4.78, 5) is 20.8. The molecule has 2 N–H and O–H groups in total. The molecule has 0 aromatic rings. The van der Waals surface area contributed by atoms with Crippen molar-refractivity contribution in [2.75, 3.05) is 19.0 Å². The Morgan fingerprint density at radius 2 is 2.08 bits per heavy atom. The summed E-state index contributed by atoms with van der Waals surface area (Å²) in [6.45, 7) is -0.0287. The fourth-order valence-electron chi connectivity index (χ4n) is 0.565. The van der Waals surface area contributed by atoms with Crippen LogP contribution in [-0.4, -0.2) is 31.0 Å². The number of carbonyl (C=O) groups is 2. The van der Waals surface area contributed by atoms with E-state index >= 15 is 0 Å². The number of alkyl carbamates (subject to hydrolysis) is 1. The van der Waals surface area contributed by atoms with Gasteiger partial charge >= 0.3 is 6.09 Å². The number of hydrogen-bond donors (Lipinski definition) is 1. The fraction of sp³-hybridized carbons (Fsp3) is 0.714. The van der Waals surface area contributed by atoms with Crippen LogP contribution in [0.25, 0.3) is 0 Å². The first kappa shape index (κ1) is 12.0. The minimum atomic E-state index is -0.849. The molecule has 0 heterocycles. The average molecular weight is 208 g/mol. The number of hydrogen-bond acceptors (Lipinski definition) is 3. The van der Waals surface area contributed by atoms with Crippen molar-refractivity contribution < 1.29 is 14.3 Å². The van der Waals surface area contributed by atoms with Crippen LogP contribution in [0.5, 0.6) is 0 Å². The van der Waals surface area contributed by atoms with Crippen LogP contribution in [0, 0.1) is 0 Å². The second kappa shape index (κ2) is 7.67. The van der Waals surface area contributed by atoms with Crippen molar-refractivity contribution in [2.45, 2.75) is 12.8 Å². The highest BCUT2D eigenvalue weighted by molar-refractivity contribution is 6.17. The summed E-state index contributed by atoms with van der Waals surface area (Å²) in [7, 11) is 0. The molecule has 0 bridgehead atoms. The van der Waals surface area contributed by atoms with Crippen LogP contribution in [0.3, 0.4) is 0 Å². The van der Waals surface area contributed by atoms with Gasteiger partial charge < -0.3 is 10.1 Å². The van der Waals surface area contributed by atoms with Crippen LogP contribution in [0.4, 0.5) is 4.79 Å². The van der Waals surface area contributed by atoms with E-state index in [0.717, 1.165) is 6.42 Å². The van der Waals surface area contributed by atoms with E-state index in [9.17, 15) is 9.59 Å². The highest BCUT2D eigenvalue weighted by Crippen LogP contribution is 1.92. The average Bonchev–Trinajstić information content (AvgIpc) is 2.09. The lowest BCUT2D eigenvalue weighted by Gasteiger charge is -2.03. The summed E-state index contributed by atoms with van der Waals surface area (Å²) < 4.78 is 4.65. The molecule has 13 heavy (non-hydrogen) atoms. The van der Waals surface area contributed by atoms with Gasteiger partial charge in [-0.15, -0.1) is 11.6 Å². The van der Waals surface area contributed by atoms with E-state index in [1.165, 1.54) is 0 Å². The van der Waals surface area contributed by atoms with Crippen LogP contribution >= 0.6 is 11.6 Å². The first-order valence-corrected chi connectivity index (χ1v) is 4.41. The zero-order valence-electron chi connectivity index (χ0n) is 7.14. The summed E-state index contributed by atoms with van der Waals surface area (Å²) in [6.07, 6.45) is 0.813. The Balaban J connectivity index is 3.25. The largest absolute Gasteiger partial charge is 0.450 e. The Morgan fingerprint density at radius 1 is 1.38 bits per heavy atom. The van der Waals surface area contributed by atoms with Crippen LogP contribution in [0.15, 0.2) is 0 Å². The Labute approximate surface area is 81.6 Å². The van der Waals surface area contributed by atoms with Gasteiger partial charge in [-0.1, -0.05) is 0 Å². The minimum Gasteiger partial charge on any atom is -0.450 e.